The molecule has 0 saturated heterocycles. The lowest BCUT2D eigenvalue weighted by Crippen LogP contribution is -2.26. The summed E-state index contributed by atoms with van der Waals surface area (Å²) in [6.45, 7) is 4.00. The van der Waals surface area contributed by atoms with Crippen LogP contribution < -0.4 is 5.32 Å². The van der Waals surface area contributed by atoms with Gasteiger partial charge in [-0.05, 0) is 25.0 Å². The van der Waals surface area contributed by atoms with Crippen molar-refractivity contribution in [2.45, 2.75) is 32.7 Å². The molecule has 0 spiro atoms. The van der Waals surface area contributed by atoms with Crippen LogP contribution >= 0.6 is 15.9 Å². The maximum absolute atomic E-state index is 11.4. The van der Waals surface area contributed by atoms with Gasteiger partial charge in [0.25, 0.3) is 0 Å². The Kier molecular flexibility index (Phi) is 4.82. The van der Waals surface area contributed by atoms with Crippen LogP contribution in [-0.4, -0.2) is 5.91 Å². The number of benzene rings is 1. The molecule has 0 aliphatic heterocycles. The lowest BCUT2D eigenvalue weighted by Gasteiger charge is -2.15. The van der Waals surface area contributed by atoms with E-state index in [1.807, 2.05) is 38.1 Å². The molecule has 1 aromatic rings. The summed E-state index contributed by atoms with van der Waals surface area (Å²) in [4.78, 5) is 11.4. The van der Waals surface area contributed by atoms with Crippen molar-refractivity contribution in [3.8, 4) is 0 Å². The van der Waals surface area contributed by atoms with Crippen molar-refractivity contribution in [3.05, 3.63) is 34.3 Å². The van der Waals surface area contributed by atoms with E-state index < -0.39 is 0 Å². The highest BCUT2D eigenvalue weighted by molar-refractivity contribution is 9.10. The van der Waals surface area contributed by atoms with Crippen molar-refractivity contribution in [2.75, 3.05) is 0 Å². The molecule has 0 aliphatic rings. The van der Waals surface area contributed by atoms with Gasteiger partial charge in [-0.1, -0.05) is 41.1 Å². The number of carbonyl (C=O) groups excluding carboxylic acids is 1. The Balaban J connectivity index is 2.65. The second-order valence-electron chi connectivity index (χ2n) is 3.56. The van der Waals surface area contributed by atoms with E-state index in [4.69, 9.17) is 0 Å². The van der Waals surface area contributed by atoms with Crippen LogP contribution in [-0.2, 0) is 4.79 Å². The normalized spacial score (nSPS) is 12.2. The van der Waals surface area contributed by atoms with E-state index >= 15 is 0 Å². The van der Waals surface area contributed by atoms with Crippen molar-refractivity contribution in [1.82, 2.24) is 5.32 Å². The van der Waals surface area contributed by atoms with Crippen LogP contribution in [0.25, 0.3) is 0 Å². The zero-order valence-electron chi connectivity index (χ0n) is 9.09. The summed E-state index contributed by atoms with van der Waals surface area (Å²) >= 11 is 3.47. The summed E-state index contributed by atoms with van der Waals surface area (Å²) < 4.78 is 1.04. The number of hydrogen-bond acceptors (Lipinski definition) is 1. The Morgan fingerprint density at radius 2 is 2.13 bits per heavy atom. The molecule has 1 N–H and O–H groups in total. The molecule has 0 heterocycles. The van der Waals surface area contributed by atoms with Crippen LogP contribution in [0.1, 0.15) is 38.3 Å². The van der Waals surface area contributed by atoms with Crippen LogP contribution in [0.3, 0.4) is 0 Å². The van der Waals surface area contributed by atoms with Crippen LogP contribution in [0.15, 0.2) is 28.7 Å². The van der Waals surface area contributed by atoms with E-state index in [0.29, 0.717) is 6.42 Å². The molecular formula is C12H16BrNO. The van der Waals surface area contributed by atoms with Gasteiger partial charge in [-0.25, -0.2) is 0 Å². The number of nitrogens with one attached hydrogen (secondary N) is 1. The molecule has 0 saturated carbocycles. The molecule has 1 aromatic carbocycles. The summed E-state index contributed by atoms with van der Waals surface area (Å²) in [5.41, 5.74) is 1.11. The Hall–Kier alpha value is -0.830. The van der Waals surface area contributed by atoms with E-state index in [2.05, 4.69) is 21.2 Å². The fourth-order valence-corrected chi connectivity index (χ4v) is 2.07. The van der Waals surface area contributed by atoms with Crippen molar-refractivity contribution in [2.24, 2.45) is 0 Å². The van der Waals surface area contributed by atoms with Crippen molar-refractivity contribution < 1.29 is 4.79 Å². The van der Waals surface area contributed by atoms with Crippen LogP contribution in [0.5, 0.6) is 0 Å². The molecule has 1 rings (SSSR count). The number of rotatable bonds is 4. The Morgan fingerprint density at radius 1 is 1.47 bits per heavy atom. The highest BCUT2D eigenvalue weighted by Crippen LogP contribution is 2.22. The molecule has 3 heteroatoms. The highest BCUT2D eigenvalue weighted by Gasteiger charge is 2.10. The smallest absolute Gasteiger partial charge is 0.220 e. The molecule has 0 aromatic heterocycles. The van der Waals surface area contributed by atoms with Gasteiger partial charge in [0.2, 0.25) is 5.91 Å². The van der Waals surface area contributed by atoms with Crippen molar-refractivity contribution >= 4 is 21.8 Å². The molecule has 1 atom stereocenters. The number of halogens is 1. The topological polar surface area (TPSA) is 29.1 Å². The standard InChI is InChI=1S/C12H16BrNO/c1-3-6-12(15)14-9(2)10-7-4-5-8-11(10)13/h4-5,7-9H,3,6H2,1-2H3,(H,14,15). The summed E-state index contributed by atoms with van der Waals surface area (Å²) in [6.07, 6.45) is 1.48. The van der Waals surface area contributed by atoms with Gasteiger partial charge in [0, 0.05) is 10.9 Å². The largest absolute Gasteiger partial charge is 0.350 e. The second-order valence-corrected chi connectivity index (χ2v) is 4.42. The summed E-state index contributed by atoms with van der Waals surface area (Å²) in [5, 5.41) is 2.97. The maximum Gasteiger partial charge on any atom is 0.220 e. The van der Waals surface area contributed by atoms with Gasteiger partial charge in [-0.3, -0.25) is 4.79 Å². The monoisotopic (exact) mass is 269 g/mol. The summed E-state index contributed by atoms with van der Waals surface area (Å²) in [6, 6.07) is 8.00. The maximum atomic E-state index is 11.4. The molecule has 1 amide bonds. The minimum absolute atomic E-state index is 0.0552. The highest BCUT2D eigenvalue weighted by atomic mass is 79.9. The quantitative estimate of drug-likeness (QED) is 0.892. The van der Waals surface area contributed by atoms with Crippen molar-refractivity contribution in [3.63, 3.8) is 0 Å². The average molecular weight is 270 g/mol. The average Bonchev–Trinajstić information content (AvgIpc) is 2.18. The molecule has 82 valence electrons. The van der Waals surface area contributed by atoms with Gasteiger partial charge in [0.05, 0.1) is 6.04 Å². The fourth-order valence-electron chi connectivity index (χ4n) is 1.44. The number of hydrogen-bond donors (Lipinski definition) is 1. The van der Waals surface area contributed by atoms with Crippen LogP contribution in [0, 0.1) is 0 Å². The Labute approximate surface area is 99.2 Å². The van der Waals surface area contributed by atoms with Crippen LogP contribution in [0.2, 0.25) is 0 Å². The predicted octanol–water partition coefficient (Wildman–Crippen LogP) is 3.43. The van der Waals surface area contributed by atoms with Gasteiger partial charge in [-0.15, -0.1) is 0 Å². The van der Waals surface area contributed by atoms with Crippen LogP contribution in [0.4, 0.5) is 0 Å². The first kappa shape index (κ1) is 12.2. The first-order chi connectivity index (χ1) is 7.15. The van der Waals surface area contributed by atoms with E-state index in [-0.39, 0.29) is 11.9 Å². The lowest BCUT2D eigenvalue weighted by molar-refractivity contribution is -0.121. The molecule has 2 nitrogen and oxygen atoms in total. The van der Waals surface area contributed by atoms with Gasteiger partial charge in [-0.2, -0.15) is 0 Å². The van der Waals surface area contributed by atoms with Gasteiger partial charge in [0.1, 0.15) is 0 Å². The molecule has 15 heavy (non-hydrogen) atoms. The third kappa shape index (κ3) is 3.67. The third-order valence-electron chi connectivity index (χ3n) is 2.23. The van der Waals surface area contributed by atoms with Gasteiger partial charge in [0.15, 0.2) is 0 Å². The second kappa shape index (κ2) is 5.91. The lowest BCUT2D eigenvalue weighted by atomic mass is 10.1. The molecule has 0 fully saturated rings. The summed E-state index contributed by atoms with van der Waals surface area (Å²) in [7, 11) is 0. The van der Waals surface area contributed by atoms with E-state index in [1.165, 1.54) is 0 Å². The van der Waals surface area contributed by atoms with E-state index in [9.17, 15) is 4.79 Å². The number of amides is 1. The zero-order valence-corrected chi connectivity index (χ0v) is 10.7. The molecule has 0 bridgehead atoms. The SMILES string of the molecule is CCCC(=O)NC(C)c1ccccc1Br. The van der Waals surface area contributed by atoms with E-state index in [0.717, 1.165) is 16.5 Å². The first-order valence-electron chi connectivity index (χ1n) is 5.19. The Morgan fingerprint density at radius 3 is 2.73 bits per heavy atom. The van der Waals surface area contributed by atoms with E-state index in [1.54, 1.807) is 0 Å². The van der Waals surface area contributed by atoms with Crippen molar-refractivity contribution in [1.29, 1.82) is 0 Å². The zero-order chi connectivity index (χ0) is 11.3. The molecular weight excluding hydrogens is 254 g/mol. The third-order valence-corrected chi connectivity index (χ3v) is 2.95. The van der Waals surface area contributed by atoms with Gasteiger partial charge >= 0.3 is 0 Å². The minimum atomic E-state index is 0.0552. The Bertz CT molecular complexity index is 338. The molecule has 0 aliphatic carbocycles. The predicted molar refractivity (Wildman–Crippen MR) is 65.6 cm³/mol. The first-order valence-corrected chi connectivity index (χ1v) is 5.98. The van der Waals surface area contributed by atoms with Gasteiger partial charge < -0.3 is 5.32 Å². The fraction of sp³-hybridized carbons (Fsp3) is 0.417. The number of carbonyl (C=O) groups is 1. The minimum Gasteiger partial charge on any atom is -0.350 e. The molecule has 0 radical (unpaired) electrons. The summed E-state index contributed by atoms with van der Waals surface area (Å²) in [5.74, 6) is 0.112. The molecule has 1 unspecified atom stereocenters.